The van der Waals surface area contributed by atoms with Gasteiger partial charge in [-0.2, -0.15) is 0 Å². The van der Waals surface area contributed by atoms with Gasteiger partial charge in [0.15, 0.2) is 0 Å². The van der Waals surface area contributed by atoms with Crippen molar-refractivity contribution in [2.75, 3.05) is 13.7 Å². The number of aromatic carboxylic acids is 1. The van der Waals surface area contributed by atoms with Crippen molar-refractivity contribution in [2.45, 2.75) is 32.9 Å². The molecule has 0 aliphatic carbocycles. The van der Waals surface area contributed by atoms with Crippen LogP contribution in [0.15, 0.2) is 66.9 Å². The van der Waals surface area contributed by atoms with Crippen LogP contribution in [-0.2, 0) is 30.7 Å². The number of pyridine rings is 1. The molecule has 0 atom stereocenters. The summed E-state index contributed by atoms with van der Waals surface area (Å²) in [6, 6.07) is 19.1. The molecule has 0 saturated carbocycles. The van der Waals surface area contributed by atoms with Crippen molar-refractivity contribution in [3.63, 3.8) is 0 Å². The van der Waals surface area contributed by atoms with Crippen LogP contribution < -0.4 is 4.74 Å². The maximum Gasteiger partial charge on any atom is 0.339 e. The number of aromatic nitrogens is 3. The molecule has 1 aliphatic heterocycles. The van der Waals surface area contributed by atoms with Crippen LogP contribution in [0.25, 0.3) is 21.6 Å². The summed E-state index contributed by atoms with van der Waals surface area (Å²) < 4.78 is 7.49. The zero-order chi connectivity index (χ0) is 27.8. The van der Waals surface area contributed by atoms with Crippen molar-refractivity contribution in [3.8, 4) is 16.3 Å². The number of rotatable bonds is 7. The topological polar surface area (TPSA) is 97.5 Å². The number of methoxy groups -OCH3 is 1. The third-order valence-corrected chi connectivity index (χ3v) is 8.62. The average Bonchev–Trinajstić information content (AvgIpc) is 3.50. The van der Waals surface area contributed by atoms with Gasteiger partial charge in [0, 0.05) is 34.3 Å². The van der Waals surface area contributed by atoms with Crippen LogP contribution in [0.3, 0.4) is 0 Å². The number of carbonyl (C=O) groups is 2. The zero-order valence-electron chi connectivity index (χ0n) is 22.3. The molecule has 5 aromatic rings. The molecule has 1 N–H and O–H groups in total. The number of aryl methyl sites for hydroxylation is 1. The third kappa shape index (κ3) is 4.73. The van der Waals surface area contributed by atoms with E-state index in [-0.39, 0.29) is 23.6 Å². The molecule has 40 heavy (non-hydrogen) atoms. The van der Waals surface area contributed by atoms with Crippen LogP contribution in [0.2, 0.25) is 0 Å². The molecule has 2 aromatic carbocycles. The minimum Gasteiger partial charge on any atom is -0.496 e. The second kappa shape index (κ2) is 10.6. The van der Waals surface area contributed by atoms with E-state index in [0.29, 0.717) is 25.2 Å². The van der Waals surface area contributed by atoms with E-state index in [4.69, 9.17) is 14.7 Å². The van der Waals surface area contributed by atoms with Gasteiger partial charge in [-0.3, -0.25) is 4.79 Å². The van der Waals surface area contributed by atoms with Gasteiger partial charge in [-0.1, -0.05) is 36.4 Å². The molecule has 6 rings (SSSR count). The number of ether oxygens (including phenoxy) is 1. The Morgan fingerprint density at radius 2 is 1.93 bits per heavy atom. The van der Waals surface area contributed by atoms with Crippen molar-refractivity contribution in [3.05, 3.63) is 99.8 Å². The van der Waals surface area contributed by atoms with Crippen molar-refractivity contribution >= 4 is 34.2 Å². The highest BCUT2D eigenvalue weighted by molar-refractivity contribution is 7.15. The first-order valence-electron chi connectivity index (χ1n) is 13.1. The fraction of sp³-hybridized carbons (Fsp3) is 0.226. The second-order valence-electron chi connectivity index (χ2n) is 9.86. The summed E-state index contributed by atoms with van der Waals surface area (Å²) >= 11 is 1.69. The van der Waals surface area contributed by atoms with E-state index < -0.39 is 5.97 Å². The lowest BCUT2D eigenvalue weighted by Gasteiger charge is -2.29. The number of thiazole rings is 1. The van der Waals surface area contributed by atoms with Gasteiger partial charge < -0.3 is 19.3 Å². The summed E-state index contributed by atoms with van der Waals surface area (Å²) in [4.78, 5) is 37.5. The summed E-state index contributed by atoms with van der Waals surface area (Å²) in [7, 11) is 1.43. The van der Waals surface area contributed by atoms with E-state index in [1.165, 1.54) is 23.6 Å². The Hall–Kier alpha value is -4.50. The van der Waals surface area contributed by atoms with Crippen LogP contribution >= 0.6 is 11.3 Å². The zero-order valence-corrected chi connectivity index (χ0v) is 23.1. The van der Waals surface area contributed by atoms with Crippen molar-refractivity contribution in [1.82, 2.24) is 19.4 Å². The van der Waals surface area contributed by atoms with Gasteiger partial charge in [0.1, 0.15) is 22.0 Å². The number of hydrogen-bond acceptors (Lipinski definition) is 6. The van der Waals surface area contributed by atoms with Crippen molar-refractivity contribution in [1.29, 1.82) is 0 Å². The second-order valence-corrected chi connectivity index (χ2v) is 10.9. The molecule has 3 aromatic heterocycles. The number of carbonyl (C=O) groups excluding carboxylic acids is 1. The predicted molar refractivity (Wildman–Crippen MR) is 154 cm³/mol. The van der Waals surface area contributed by atoms with Crippen molar-refractivity contribution in [2.24, 2.45) is 0 Å². The molecule has 9 heteroatoms. The Bertz CT molecular complexity index is 1740. The first kappa shape index (κ1) is 25.8. The standard InChI is InChI=1S/C31H28N4O4S/c1-19-27(40-30(33-19)21-7-4-3-5-8-21)18-35-25-17-34(14-12-22(25)23-9-6-13-32-29(23)35)28(36)16-20-10-11-24(31(37)38)26(15-20)39-2/h3-11,13,15H,12,14,16-18H2,1-2H3,(H,37,38). The van der Waals surface area contributed by atoms with Crippen LogP contribution in [0.1, 0.15) is 37.7 Å². The van der Waals surface area contributed by atoms with Crippen LogP contribution in [0.5, 0.6) is 5.75 Å². The van der Waals surface area contributed by atoms with E-state index in [2.05, 4.69) is 22.8 Å². The third-order valence-electron chi connectivity index (χ3n) is 7.43. The SMILES string of the molecule is COc1cc(CC(=O)N2CCc3c(n(Cc4sc(-c5ccccc5)nc4C)c4ncccc34)C2)ccc1C(=O)O. The Kier molecular flexibility index (Phi) is 6.81. The molecule has 8 nitrogen and oxygen atoms in total. The molecule has 0 spiro atoms. The summed E-state index contributed by atoms with van der Waals surface area (Å²) in [5.41, 5.74) is 6.15. The van der Waals surface area contributed by atoms with Gasteiger partial charge in [0.25, 0.3) is 0 Å². The highest BCUT2D eigenvalue weighted by Gasteiger charge is 2.28. The van der Waals surface area contributed by atoms with Crippen LogP contribution in [-0.4, -0.2) is 50.1 Å². The Balaban J connectivity index is 1.29. The van der Waals surface area contributed by atoms with E-state index in [9.17, 15) is 14.7 Å². The normalized spacial score (nSPS) is 12.9. The van der Waals surface area contributed by atoms with Gasteiger partial charge in [0.2, 0.25) is 5.91 Å². The number of amides is 1. The lowest BCUT2D eigenvalue weighted by Crippen LogP contribution is -2.37. The molecule has 1 amide bonds. The first-order valence-corrected chi connectivity index (χ1v) is 13.9. The van der Waals surface area contributed by atoms with E-state index >= 15 is 0 Å². The van der Waals surface area contributed by atoms with E-state index in [1.807, 2.05) is 42.3 Å². The first-order chi connectivity index (χ1) is 19.4. The summed E-state index contributed by atoms with van der Waals surface area (Å²) in [5.74, 6) is -0.826. The number of carboxylic acid groups (broad SMARTS) is 1. The summed E-state index contributed by atoms with van der Waals surface area (Å²) in [6.45, 7) is 3.78. The molecule has 0 fully saturated rings. The Morgan fingerprint density at radius 3 is 2.70 bits per heavy atom. The fourth-order valence-corrected chi connectivity index (χ4v) is 6.43. The minimum absolute atomic E-state index is 0.0131. The molecular formula is C31H28N4O4S. The molecule has 4 heterocycles. The maximum atomic E-state index is 13.4. The fourth-order valence-electron chi connectivity index (χ4n) is 5.37. The van der Waals surface area contributed by atoms with E-state index in [0.717, 1.165) is 39.4 Å². The number of hydrogen-bond donors (Lipinski definition) is 1. The van der Waals surface area contributed by atoms with Gasteiger partial charge in [0.05, 0.1) is 32.3 Å². The summed E-state index contributed by atoms with van der Waals surface area (Å²) in [5, 5.41) is 11.5. The lowest BCUT2D eigenvalue weighted by molar-refractivity contribution is -0.131. The smallest absolute Gasteiger partial charge is 0.339 e. The van der Waals surface area contributed by atoms with Gasteiger partial charge in [-0.15, -0.1) is 11.3 Å². The van der Waals surface area contributed by atoms with E-state index in [1.54, 1.807) is 23.5 Å². The minimum atomic E-state index is -1.06. The number of benzene rings is 2. The number of nitrogens with zero attached hydrogens (tertiary/aromatic N) is 4. The molecule has 0 bridgehead atoms. The monoisotopic (exact) mass is 552 g/mol. The Morgan fingerprint density at radius 1 is 1.10 bits per heavy atom. The average molecular weight is 553 g/mol. The molecule has 202 valence electrons. The maximum absolute atomic E-state index is 13.4. The number of fused-ring (bicyclic) bond motifs is 3. The van der Waals surface area contributed by atoms with Crippen LogP contribution in [0.4, 0.5) is 0 Å². The number of carboxylic acids is 1. The van der Waals surface area contributed by atoms with Gasteiger partial charge in [-0.25, -0.2) is 14.8 Å². The molecular weight excluding hydrogens is 524 g/mol. The molecule has 0 unspecified atom stereocenters. The van der Waals surface area contributed by atoms with Gasteiger partial charge in [-0.05, 0) is 48.7 Å². The van der Waals surface area contributed by atoms with Crippen molar-refractivity contribution < 1.29 is 19.4 Å². The lowest BCUT2D eigenvalue weighted by atomic mass is 10.0. The predicted octanol–water partition coefficient (Wildman–Crippen LogP) is 5.35. The van der Waals surface area contributed by atoms with Gasteiger partial charge >= 0.3 is 5.97 Å². The van der Waals surface area contributed by atoms with Crippen LogP contribution in [0, 0.1) is 6.92 Å². The highest BCUT2D eigenvalue weighted by Crippen LogP contribution is 2.34. The molecule has 0 radical (unpaired) electrons. The molecule has 1 aliphatic rings. The quantitative estimate of drug-likeness (QED) is 0.292. The summed E-state index contributed by atoms with van der Waals surface area (Å²) in [6.07, 6.45) is 2.73. The molecule has 0 saturated heterocycles. The Labute approximate surface area is 235 Å². The largest absolute Gasteiger partial charge is 0.496 e. The highest BCUT2D eigenvalue weighted by atomic mass is 32.1.